The van der Waals surface area contributed by atoms with Crippen molar-refractivity contribution in [2.24, 2.45) is 5.41 Å². The molecule has 5 aliphatic rings. The molecule has 3 aliphatic heterocycles. The summed E-state index contributed by atoms with van der Waals surface area (Å²) in [6.07, 6.45) is 6.46. The molecule has 0 spiro atoms. The van der Waals surface area contributed by atoms with Gasteiger partial charge in [0.25, 0.3) is 6.71 Å². The maximum absolute atomic E-state index is 15.5. The van der Waals surface area contributed by atoms with Gasteiger partial charge in [0.2, 0.25) is 0 Å². The number of hydrogen-bond acceptors (Lipinski definition) is 3. The Hall–Kier alpha value is -6.85. The highest BCUT2D eigenvalue weighted by molar-refractivity contribution is 7.00. The summed E-state index contributed by atoms with van der Waals surface area (Å²) in [5.41, 5.74) is 25.9. The molecule has 3 heterocycles. The average Bonchev–Trinajstić information content (AvgIpc) is 3.85. The van der Waals surface area contributed by atoms with Gasteiger partial charge in [-0.15, -0.1) is 0 Å². The maximum atomic E-state index is 15.5. The molecule has 0 N–H and O–H groups in total. The molecule has 0 amide bonds. The lowest BCUT2D eigenvalue weighted by Crippen LogP contribution is -2.61. The second kappa shape index (κ2) is 16.6. The minimum Gasteiger partial charge on any atom is -0.334 e. The predicted octanol–water partition coefficient (Wildman–Crippen LogP) is 17.0. The van der Waals surface area contributed by atoms with Gasteiger partial charge in [-0.25, -0.2) is 4.39 Å². The summed E-state index contributed by atoms with van der Waals surface area (Å²) in [7, 11) is 0. The fraction of sp³-hybridized carbons (Fsp3) is 0.314. The zero-order chi connectivity index (χ0) is 52.1. The van der Waals surface area contributed by atoms with E-state index in [0.29, 0.717) is 0 Å². The van der Waals surface area contributed by atoms with Gasteiger partial charge in [0.05, 0.1) is 16.9 Å². The molecule has 8 aromatic carbocycles. The van der Waals surface area contributed by atoms with Gasteiger partial charge in [0.1, 0.15) is 5.82 Å². The molecule has 13 rings (SSSR count). The number of halogens is 1. The second-order valence-corrected chi connectivity index (χ2v) is 26.3. The topological polar surface area (TPSA) is 9.72 Å². The van der Waals surface area contributed by atoms with Gasteiger partial charge in [0.15, 0.2) is 0 Å². The highest BCUT2D eigenvalue weighted by atomic mass is 19.1. The molecule has 2 aliphatic carbocycles. The van der Waals surface area contributed by atoms with E-state index in [1.54, 1.807) is 6.07 Å². The van der Waals surface area contributed by atoms with Crippen molar-refractivity contribution >= 4 is 68.6 Å². The summed E-state index contributed by atoms with van der Waals surface area (Å²) in [6, 6.07) is 59.7. The van der Waals surface area contributed by atoms with Gasteiger partial charge >= 0.3 is 0 Å². The first-order chi connectivity index (χ1) is 35.7. The number of benzene rings is 8. The van der Waals surface area contributed by atoms with E-state index in [0.717, 1.165) is 61.2 Å². The Morgan fingerprint density at radius 1 is 0.493 bits per heavy atom. The van der Waals surface area contributed by atoms with Crippen molar-refractivity contribution < 1.29 is 4.39 Å². The molecule has 0 saturated heterocycles. The van der Waals surface area contributed by atoms with Crippen LogP contribution in [0.2, 0.25) is 0 Å². The minimum atomic E-state index is -0.245. The van der Waals surface area contributed by atoms with Crippen molar-refractivity contribution in [3.63, 3.8) is 0 Å². The van der Waals surface area contributed by atoms with Crippen LogP contribution in [0.5, 0.6) is 0 Å². The molecule has 2 atom stereocenters. The third-order valence-corrected chi connectivity index (χ3v) is 18.6. The van der Waals surface area contributed by atoms with Gasteiger partial charge < -0.3 is 14.7 Å². The minimum absolute atomic E-state index is 0.0374. The van der Waals surface area contributed by atoms with Gasteiger partial charge in [-0.2, -0.15) is 0 Å². The molecule has 0 radical (unpaired) electrons. The zero-order valence-corrected chi connectivity index (χ0v) is 46.1. The summed E-state index contributed by atoms with van der Waals surface area (Å²) >= 11 is 0. The largest absolute Gasteiger partial charge is 0.334 e. The normalized spacial score (nSPS) is 20.1. The monoisotopic (exact) mass is 984 g/mol. The SMILES string of the molecule is Cc1cc2c3c(c1)N(c1ccc(C(C)(C)C)cc1-c1ccccc1)c1cc4c(cc1B3c1ccc(N3c5ccc(F)cc5C5(C)CCCCC35C)cc1N2c1ccc(C(C)(C)C)cc1-c1ccccc1)CC(C)(C)C4. The quantitative estimate of drug-likeness (QED) is 0.159. The number of nitrogens with zero attached hydrogens (tertiary/aromatic N) is 3. The molecule has 0 aromatic heterocycles. The standard InChI is InChI=1S/C70H71BFN3/c1-44-34-63-65-64(35-44)74(59-30-25-50(67(5,6)7)39-54(59)46-22-16-13-17-23-46)62-41-52(75-60-31-26-51(72)40-55(60)69(10)32-18-19-33-70(69,75)11)27-28-56(62)71(65)57-36-47-42-68(8,9)43-48(47)37-61(57)73(63)58-29-24-49(66(2,3)4)38-53(58)45-20-14-12-15-21-45/h12-17,20-31,34-41H,18-19,32-33,42-43H2,1-11H3. The summed E-state index contributed by atoms with van der Waals surface area (Å²) in [4.78, 5) is 7.91. The third kappa shape index (κ3) is 7.33. The molecular formula is C70H71BFN3. The van der Waals surface area contributed by atoms with E-state index in [-0.39, 0.29) is 39.7 Å². The maximum Gasteiger partial charge on any atom is 0.252 e. The number of fused-ring (bicyclic) bond motifs is 8. The van der Waals surface area contributed by atoms with E-state index >= 15 is 4.39 Å². The second-order valence-electron chi connectivity index (χ2n) is 26.3. The van der Waals surface area contributed by atoms with E-state index in [1.165, 1.54) is 94.9 Å². The Bertz CT molecular complexity index is 3640. The van der Waals surface area contributed by atoms with Crippen LogP contribution in [0.4, 0.5) is 49.9 Å². The summed E-state index contributed by atoms with van der Waals surface area (Å²) < 4.78 is 15.5. The van der Waals surface area contributed by atoms with Crippen LogP contribution >= 0.6 is 0 Å². The smallest absolute Gasteiger partial charge is 0.252 e. The Morgan fingerprint density at radius 2 is 1.03 bits per heavy atom. The van der Waals surface area contributed by atoms with E-state index in [4.69, 9.17) is 0 Å². The van der Waals surface area contributed by atoms with Crippen molar-refractivity contribution in [2.45, 2.75) is 136 Å². The number of aryl methyl sites for hydroxylation is 1. The van der Waals surface area contributed by atoms with E-state index in [9.17, 15) is 0 Å². The van der Waals surface area contributed by atoms with Gasteiger partial charge in [-0.1, -0.05) is 160 Å². The van der Waals surface area contributed by atoms with Gasteiger partial charge in [0, 0.05) is 50.7 Å². The summed E-state index contributed by atoms with van der Waals surface area (Å²) in [5.74, 6) is -0.155. The Labute approximate surface area is 446 Å². The summed E-state index contributed by atoms with van der Waals surface area (Å²) in [6.45, 7) is 25.9. The third-order valence-electron chi connectivity index (χ3n) is 18.6. The highest BCUT2D eigenvalue weighted by Crippen LogP contribution is 2.61. The molecule has 3 nitrogen and oxygen atoms in total. The van der Waals surface area contributed by atoms with Crippen LogP contribution in [0.1, 0.15) is 128 Å². The summed E-state index contributed by atoms with van der Waals surface area (Å²) in [5, 5.41) is 0. The molecular weight excluding hydrogens is 913 g/mol. The van der Waals surface area contributed by atoms with Crippen LogP contribution in [-0.4, -0.2) is 12.3 Å². The number of anilines is 8. The van der Waals surface area contributed by atoms with E-state index in [1.807, 2.05) is 6.07 Å². The molecule has 2 unspecified atom stereocenters. The first kappa shape index (κ1) is 47.8. The van der Waals surface area contributed by atoms with Crippen molar-refractivity contribution in [2.75, 3.05) is 14.7 Å². The lowest BCUT2D eigenvalue weighted by Gasteiger charge is -2.50. The average molecular weight is 984 g/mol. The lowest BCUT2D eigenvalue weighted by molar-refractivity contribution is 0.194. The van der Waals surface area contributed by atoms with Crippen molar-refractivity contribution in [3.05, 3.63) is 197 Å². The number of hydrogen-bond donors (Lipinski definition) is 0. The Balaban J connectivity index is 1.13. The van der Waals surface area contributed by atoms with Crippen molar-refractivity contribution in [1.82, 2.24) is 0 Å². The van der Waals surface area contributed by atoms with E-state index < -0.39 is 0 Å². The van der Waals surface area contributed by atoms with E-state index in [2.05, 4.69) is 236 Å². The molecule has 1 fully saturated rings. The molecule has 376 valence electrons. The molecule has 1 saturated carbocycles. The molecule has 75 heavy (non-hydrogen) atoms. The van der Waals surface area contributed by atoms with Crippen LogP contribution < -0.4 is 31.1 Å². The van der Waals surface area contributed by atoms with Crippen LogP contribution in [0.25, 0.3) is 22.3 Å². The van der Waals surface area contributed by atoms with Crippen molar-refractivity contribution in [3.8, 4) is 22.3 Å². The molecule has 5 heteroatoms. The van der Waals surface area contributed by atoms with Crippen molar-refractivity contribution in [1.29, 1.82) is 0 Å². The van der Waals surface area contributed by atoms with Crippen LogP contribution in [-0.2, 0) is 29.1 Å². The predicted molar refractivity (Wildman–Crippen MR) is 317 cm³/mol. The fourth-order valence-corrected chi connectivity index (χ4v) is 14.5. The highest BCUT2D eigenvalue weighted by Gasteiger charge is 2.58. The zero-order valence-electron chi connectivity index (χ0n) is 46.1. The van der Waals surface area contributed by atoms with Crippen LogP contribution in [0.15, 0.2) is 158 Å². The fourth-order valence-electron chi connectivity index (χ4n) is 14.5. The Morgan fingerprint density at radius 3 is 1.60 bits per heavy atom. The first-order valence-electron chi connectivity index (χ1n) is 27.8. The Kier molecular flexibility index (Phi) is 10.6. The first-order valence-corrected chi connectivity index (χ1v) is 27.8. The van der Waals surface area contributed by atoms with Crippen LogP contribution in [0, 0.1) is 18.2 Å². The molecule has 0 bridgehead atoms. The van der Waals surface area contributed by atoms with Gasteiger partial charge in [-0.3, -0.25) is 0 Å². The number of rotatable bonds is 5. The van der Waals surface area contributed by atoms with Gasteiger partial charge in [-0.05, 0) is 189 Å². The molecule has 8 aromatic rings. The lowest BCUT2D eigenvalue weighted by atomic mass is 9.33. The van der Waals surface area contributed by atoms with Crippen LogP contribution in [0.3, 0.4) is 0 Å².